The van der Waals surface area contributed by atoms with Crippen LogP contribution in [0.5, 0.6) is 0 Å². The fourth-order valence-corrected chi connectivity index (χ4v) is 1.03. The van der Waals surface area contributed by atoms with Crippen LogP contribution in [-0.2, 0) is 0 Å². The maximum absolute atomic E-state index is 10.3. The first-order valence-corrected chi connectivity index (χ1v) is 4.45. The number of carbonyl (C=O) groups excluding carboxylic acids is 1. The number of hydrogen-bond acceptors (Lipinski definition) is 3. The third kappa shape index (κ3) is 4.65. The standard InChI is InChI=1S/C10H14N4O.ClH/c1-14(2)9-5-3-8(4-6-9)7-12-13-10(11)15;/h3-7H,1-2H3,(H3,11,13,15);1H. The van der Waals surface area contributed by atoms with Gasteiger partial charge in [-0.15, -0.1) is 12.4 Å². The summed E-state index contributed by atoms with van der Waals surface area (Å²) in [5, 5.41) is 3.65. The van der Waals surface area contributed by atoms with Crippen LogP contribution >= 0.6 is 12.4 Å². The van der Waals surface area contributed by atoms with Crippen molar-refractivity contribution in [2.45, 2.75) is 0 Å². The van der Waals surface area contributed by atoms with E-state index in [-0.39, 0.29) is 12.4 Å². The SMILES string of the molecule is CN(C)c1ccc(C=NNC(N)=O)cc1.Cl. The van der Waals surface area contributed by atoms with E-state index in [0.717, 1.165) is 11.3 Å². The zero-order valence-corrected chi connectivity index (χ0v) is 9.99. The quantitative estimate of drug-likeness (QED) is 0.617. The number of nitrogens with zero attached hydrogens (tertiary/aromatic N) is 2. The zero-order chi connectivity index (χ0) is 11.3. The average Bonchev–Trinajstić information content (AvgIpc) is 2.18. The molecule has 0 aliphatic rings. The normalized spacial score (nSPS) is 9.62. The van der Waals surface area contributed by atoms with Crippen LogP contribution in [0, 0.1) is 0 Å². The molecular weight excluding hydrogens is 228 g/mol. The van der Waals surface area contributed by atoms with Crippen LogP contribution in [0.2, 0.25) is 0 Å². The summed E-state index contributed by atoms with van der Waals surface area (Å²) in [6.45, 7) is 0. The van der Waals surface area contributed by atoms with Crippen LogP contribution in [0.15, 0.2) is 29.4 Å². The predicted octanol–water partition coefficient (Wildman–Crippen LogP) is 1.18. The summed E-state index contributed by atoms with van der Waals surface area (Å²) in [4.78, 5) is 12.3. The first kappa shape index (κ1) is 14.2. The molecular formula is C10H15ClN4O. The number of nitrogens with two attached hydrogens (primary N) is 1. The topological polar surface area (TPSA) is 70.7 Å². The third-order valence-electron chi connectivity index (χ3n) is 1.80. The molecule has 0 saturated carbocycles. The van der Waals surface area contributed by atoms with Gasteiger partial charge in [0.25, 0.3) is 0 Å². The van der Waals surface area contributed by atoms with E-state index in [9.17, 15) is 4.79 Å². The monoisotopic (exact) mass is 242 g/mol. The molecule has 2 amide bonds. The maximum atomic E-state index is 10.3. The molecule has 0 unspecified atom stereocenters. The van der Waals surface area contributed by atoms with Crippen molar-refractivity contribution in [2.75, 3.05) is 19.0 Å². The van der Waals surface area contributed by atoms with Gasteiger partial charge < -0.3 is 10.6 Å². The zero-order valence-electron chi connectivity index (χ0n) is 9.18. The second kappa shape index (κ2) is 6.68. The minimum absolute atomic E-state index is 0. The highest BCUT2D eigenvalue weighted by atomic mass is 35.5. The van der Waals surface area contributed by atoms with Crippen molar-refractivity contribution >= 4 is 30.3 Å². The number of rotatable bonds is 3. The summed E-state index contributed by atoms with van der Waals surface area (Å²) >= 11 is 0. The fraction of sp³-hybridized carbons (Fsp3) is 0.200. The number of carbonyl (C=O) groups is 1. The molecule has 3 N–H and O–H groups in total. The number of urea groups is 1. The number of primary amides is 1. The van der Waals surface area contributed by atoms with Gasteiger partial charge in [-0.25, -0.2) is 10.2 Å². The molecule has 0 aliphatic heterocycles. The van der Waals surface area contributed by atoms with E-state index in [4.69, 9.17) is 5.73 Å². The highest BCUT2D eigenvalue weighted by molar-refractivity contribution is 5.85. The first-order chi connectivity index (χ1) is 7.09. The Kier molecular flexibility index (Phi) is 5.95. The summed E-state index contributed by atoms with van der Waals surface area (Å²) in [6, 6.07) is 7.07. The van der Waals surface area contributed by atoms with Crippen LogP contribution in [0.25, 0.3) is 0 Å². The Hall–Kier alpha value is -1.75. The number of amides is 2. The van der Waals surface area contributed by atoms with E-state index in [1.54, 1.807) is 0 Å². The van der Waals surface area contributed by atoms with Crippen molar-refractivity contribution in [3.63, 3.8) is 0 Å². The smallest absolute Gasteiger partial charge is 0.332 e. The Labute approximate surface area is 101 Å². The molecule has 6 heteroatoms. The molecule has 0 fully saturated rings. The molecule has 1 aromatic carbocycles. The summed E-state index contributed by atoms with van der Waals surface area (Å²) < 4.78 is 0. The van der Waals surface area contributed by atoms with Crippen molar-refractivity contribution in [3.05, 3.63) is 29.8 Å². The van der Waals surface area contributed by atoms with Crippen LogP contribution in [0.4, 0.5) is 10.5 Å². The minimum atomic E-state index is -0.670. The largest absolute Gasteiger partial charge is 0.378 e. The molecule has 5 nitrogen and oxygen atoms in total. The number of nitrogens with one attached hydrogen (secondary N) is 1. The van der Waals surface area contributed by atoms with Gasteiger partial charge in [0, 0.05) is 19.8 Å². The number of hydrazone groups is 1. The number of benzene rings is 1. The van der Waals surface area contributed by atoms with E-state index in [2.05, 4.69) is 10.5 Å². The van der Waals surface area contributed by atoms with Crippen molar-refractivity contribution in [1.82, 2.24) is 5.43 Å². The molecule has 0 saturated heterocycles. The highest BCUT2D eigenvalue weighted by Gasteiger charge is 1.93. The number of halogens is 1. The molecule has 0 bridgehead atoms. The van der Waals surface area contributed by atoms with E-state index >= 15 is 0 Å². The Morgan fingerprint density at radius 3 is 2.38 bits per heavy atom. The van der Waals surface area contributed by atoms with Crippen LogP contribution in [-0.4, -0.2) is 26.3 Å². The Balaban J connectivity index is 0.00000225. The predicted molar refractivity (Wildman–Crippen MR) is 68.3 cm³/mol. The lowest BCUT2D eigenvalue weighted by Gasteiger charge is -2.11. The second-order valence-corrected chi connectivity index (χ2v) is 3.22. The fourth-order valence-electron chi connectivity index (χ4n) is 1.03. The van der Waals surface area contributed by atoms with Gasteiger partial charge in [-0.1, -0.05) is 12.1 Å². The minimum Gasteiger partial charge on any atom is -0.378 e. The summed E-state index contributed by atoms with van der Waals surface area (Å²) in [5.41, 5.74) is 8.98. The van der Waals surface area contributed by atoms with Gasteiger partial charge in [-0.3, -0.25) is 0 Å². The van der Waals surface area contributed by atoms with Crippen LogP contribution in [0.1, 0.15) is 5.56 Å². The lowest BCUT2D eigenvalue weighted by Crippen LogP contribution is -2.24. The van der Waals surface area contributed by atoms with Gasteiger partial charge >= 0.3 is 6.03 Å². The van der Waals surface area contributed by atoms with Crippen LogP contribution < -0.4 is 16.1 Å². The van der Waals surface area contributed by atoms with Gasteiger partial charge in [0.1, 0.15) is 0 Å². The summed E-state index contributed by atoms with van der Waals surface area (Å²) in [5.74, 6) is 0. The number of hydrogen-bond donors (Lipinski definition) is 2. The van der Waals surface area contributed by atoms with E-state index < -0.39 is 6.03 Å². The van der Waals surface area contributed by atoms with Gasteiger partial charge in [-0.05, 0) is 17.7 Å². The van der Waals surface area contributed by atoms with Gasteiger partial charge in [0.2, 0.25) is 0 Å². The van der Waals surface area contributed by atoms with E-state index in [1.807, 2.05) is 43.3 Å². The van der Waals surface area contributed by atoms with Crippen molar-refractivity contribution < 1.29 is 4.79 Å². The molecule has 0 radical (unpaired) electrons. The molecule has 1 aromatic rings. The molecule has 0 aliphatic carbocycles. The molecule has 0 heterocycles. The molecule has 16 heavy (non-hydrogen) atoms. The first-order valence-electron chi connectivity index (χ1n) is 4.45. The Bertz CT molecular complexity index is 362. The van der Waals surface area contributed by atoms with Crippen LogP contribution in [0.3, 0.4) is 0 Å². The Morgan fingerprint density at radius 1 is 1.38 bits per heavy atom. The highest BCUT2D eigenvalue weighted by Crippen LogP contribution is 2.10. The summed E-state index contributed by atoms with van der Waals surface area (Å²) in [6.07, 6.45) is 1.53. The maximum Gasteiger partial charge on any atom is 0.332 e. The molecule has 0 spiro atoms. The van der Waals surface area contributed by atoms with Crippen molar-refractivity contribution in [2.24, 2.45) is 10.8 Å². The van der Waals surface area contributed by atoms with Gasteiger partial charge in [0.05, 0.1) is 6.21 Å². The molecule has 1 rings (SSSR count). The summed E-state index contributed by atoms with van der Waals surface area (Å²) in [7, 11) is 3.94. The van der Waals surface area contributed by atoms with E-state index in [1.165, 1.54) is 6.21 Å². The van der Waals surface area contributed by atoms with E-state index in [0.29, 0.717) is 0 Å². The molecule has 88 valence electrons. The Morgan fingerprint density at radius 2 is 1.94 bits per heavy atom. The molecule has 0 atom stereocenters. The van der Waals surface area contributed by atoms with Crippen molar-refractivity contribution in [1.29, 1.82) is 0 Å². The lowest BCUT2D eigenvalue weighted by atomic mass is 10.2. The number of anilines is 1. The second-order valence-electron chi connectivity index (χ2n) is 3.22. The van der Waals surface area contributed by atoms with Gasteiger partial charge in [-0.2, -0.15) is 5.10 Å². The average molecular weight is 243 g/mol. The van der Waals surface area contributed by atoms with Gasteiger partial charge in [0.15, 0.2) is 0 Å². The lowest BCUT2D eigenvalue weighted by molar-refractivity contribution is 0.249. The molecule has 0 aromatic heterocycles. The third-order valence-corrected chi connectivity index (χ3v) is 1.80. The van der Waals surface area contributed by atoms with Crippen molar-refractivity contribution in [3.8, 4) is 0 Å².